The molecule has 0 saturated carbocycles. The van der Waals surface area contributed by atoms with Crippen LogP contribution in [0.5, 0.6) is 5.75 Å². The predicted molar refractivity (Wildman–Crippen MR) is 90.3 cm³/mol. The quantitative estimate of drug-likeness (QED) is 0.861. The van der Waals surface area contributed by atoms with Crippen molar-refractivity contribution in [1.82, 2.24) is 5.32 Å². The van der Waals surface area contributed by atoms with E-state index in [2.05, 4.69) is 44.3 Å². The molecule has 2 aromatic carbocycles. The van der Waals surface area contributed by atoms with Gasteiger partial charge in [-0.1, -0.05) is 24.6 Å². The average Bonchev–Trinajstić information content (AvgIpc) is 2.48. The lowest BCUT2D eigenvalue weighted by molar-refractivity contribution is 0.408. The van der Waals surface area contributed by atoms with Crippen LogP contribution >= 0.6 is 11.6 Å². The Kier molecular flexibility index (Phi) is 5.27. The second-order valence-electron chi connectivity index (χ2n) is 5.22. The van der Waals surface area contributed by atoms with Crippen LogP contribution in [0.25, 0.3) is 11.1 Å². The molecule has 0 aromatic heterocycles. The van der Waals surface area contributed by atoms with E-state index in [1.54, 1.807) is 7.11 Å². The molecule has 21 heavy (non-hydrogen) atoms. The highest BCUT2D eigenvalue weighted by molar-refractivity contribution is 6.33. The summed E-state index contributed by atoms with van der Waals surface area (Å²) < 4.78 is 5.43. The van der Waals surface area contributed by atoms with Gasteiger partial charge in [0, 0.05) is 22.7 Å². The van der Waals surface area contributed by atoms with Crippen molar-refractivity contribution in [3.05, 3.63) is 52.0 Å². The summed E-state index contributed by atoms with van der Waals surface area (Å²) in [6.45, 7) is 8.00. The fraction of sp³-hybridized carbons (Fsp3) is 0.333. The van der Waals surface area contributed by atoms with Crippen molar-refractivity contribution in [2.75, 3.05) is 13.7 Å². The second-order valence-corrected chi connectivity index (χ2v) is 5.63. The molecule has 0 saturated heterocycles. The van der Waals surface area contributed by atoms with Gasteiger partial charge < -0.3 is 10.1 Å². The molecule has 3 heteroatoms. The zero-order valence-corrected chi connectivity index (χ0v) is 13.8. The molecule has 2 nitrogen and oxygen atoms in total. The number of nitrogens with one attached hydrogen (secondary N) is 1. The van der Waals surface area contributed by atoms with Crippen molar-refractivity contribution >= 4 is 11.6 Å². The molecule has 0 amide bonds. The summed E-state index contributed by atoms with van der Waals surface area (Å²) in [4.78, 5) is 0. The van der Waals surface area contributed by atoms with Crippen LogP contribution in [0.4, 0.5) is 0 Å². The van der Waals surface area contributed by atoms with Crippen LogP contribution in [0, 0.1) is 13.8 Å². The van der Waals surface area contributed by atoms with E-state index in [9.17, 15) is 0 Å². The molecule has 0 bridgehead atoms. The molecule has 0 aliphatic carbocycles. The minimum Gasteiger partial charge on any atom is -0.496 e. The number of methoxy groups -OCH3 is 1. The van der Waals surface area contributed by atoms with Crippen molar-refractivity contribution in [3.8, 4) is 16.9 Å². The summed E-state index contributed by atoms with van der Waals surface area (Å²) in [7, 11) is 1.70. The first-order chi connectivity index (χ1) is 10.1. The van der Waals surface area contributed by atoms with Crippen molar-refractivity contribution in [1.29, 1.82) is 0 Å². The van der Waals surface area contributed by atoms with E-state index in [0.717, 1.165) is 40.6 Å². The molecule has 0 heterocycles. The number of halogens is 1. The van der Waals surface area contributed by atoms with E-state index in [1.165, 1.54) is 11.1 Å². The van der Waals surface area contributed by atoms with Gasteiger partial charge in [-0.05, 0) is 61.3 Å². The van der Waals surface area contributed by atoms with Gasteiger partial charge in [-0.15, -0.1) is 0 Å². The van der Waals surface area contributed by atoms with Crippen LogP contribution in [0.15, 0.2) is 30.3 Å². The van der Waals surface area contributed by atoms with E-state index in [1.807, 2.05) is 12.1 Å². The third-order valence-corrected chi connectivity index (χ3v) is 4.05. The lowest BCUT2D eigenvalue weighted by atomic mass is 9.98. The normalized spacial score (nSPS) is 10.7. The maximum Gasteiger partial charge on any atom is 0.123 e. The molecular formula is C18H22ClNO. The van der Waals surface area contributed by atoms with Crippen molar-refractivity contribution in [2.24, 2.45) is 0 Å². The molecule has 0 unspecified atom stereocenters. The molecular weight excluding hydrogens is 282 g/mol. The highest BCUT2D eigenvalue weighted by atomic mass is 35.5. The van der Waals surface area contributed by atoms with Gasteiger partial charge in [0.2, 0.25) is 0 Å². The number of rotatable bonds is 5. The van der Waals surface area contributed by atoms with Crippen LogP contribution in [0.1, 0.15) is 23.6 Å². The number of hydrogen-bond donors (Lipinski definition) is 1. The summed E-state index contributed by atoms with van der Waals surface area (Å²) >= 11 is 6.42. The van der Waals surface area contributed by atoms with E-state index in [0.29, 0.717) is 0 Å². The third-order valence-electron chi connectivity index (χ3n) is 3.74. The van der Waals surface area contributed by atoms with E-state index < -0.39 is 0 Å². The SMILES string of the molecule is CCNCc1cc(-c2cc(C)c(C)cc2Cl)ccc1OC. The van der Waals surface area contributed by atoms with Crippen LogP contribution in [0.3, 0.4) is 0 Å². The second kappa shape index (κ2) is 6.97. The number of benzene rings is 2. The number of hydrogen-bond acceptors (Lipinski definition) is 2. The smallest absolute Gasteiger partial charge is 0.123 e. The van der Waals surface area contributed by atoms with Crippen LogP contribution in [-0.4, -0.2) is 13.7 Å². The van der Waals surface area contributed by atoms with Gasteiger partial charge in [-0.2, -0.15) is 0 Å². The van der Waals surface area contributed by atoms with Gasteiger partial charge in [-0.3, -0.25) is 0 Å². The van der Waals surface area contributed by atoms with Crippen LogP contribution in [-0.2, 0) is 6.54 Å². The Morgan fingerprint density at radius 1 is 1.10 bits per heavy atom. The summed E-state index contributed by atoms with van der Waals surface area (Å²) in [5.41, 5.74) is 5.80. The molecule has 0 aliphatic heterocycles. The molecule has 0 fully saturated rings. The van der Waals surface area contributed by atoms with E-state index in [4.69, 9.17) is 16.3 Å². The Morgan fingerprint density at radius 2 is 1.81 bits per heavy atom. The van der Waals surface area contributed by atoms with Gasteiger partial charge in [0.15, 0.2) is 0 Å². The van der Waals surface area contributed by atoms with E-state index in [-0.39, 0.29) is 0 Å². The average molecular weight is 304 g/mol. The number of aryl methyl sites for hydroxylation is 2. The largest absolute Gasteiger partial charge is 0.496 e. The molecule has 2 aromatic rings. The first kappa shape index (κ1) is 15.9. The summed E-state index contributed by atoms with van der Waals surface area (Å²) in [5.74, 6) is 0.902. The molecule has 0 atom stereocenters. The van der Waals surface area contributed by atoms with Crippen LogP contribution < -0.4 is 10.1 Å². The van der Waals surface area contributed by atoms with Gasteiger partial charge in [0.05, 0.1) is 7.11 Å². The van der Waals surface area contributed by atoms with Crippen LogP contribution in [0.2, 0.25) is 5.02 Å². The standard InChI is InChI=1S/C18H22ClNO/c1-5-20-11-15-10-14(6-7-18(15)21-4)16-8-12(2)13(3)9-17(16)19/h6-10,20H,5,11H2,1-4H3. The summed E-state index contributed by atoms with van der Waals surface area (Å²) in [6, 6.07) is 10.4. The summed E-state index contributed by atoms with van der Waals surface area (Å²) in [6.07, 6.45) is 0. The van der Waals surface area contributed by atoms with Crippen molar-refractivity contribution in [3.63, 3.8) is 0 Å². The minimum atomic E-state index is 0.788. The summed E-state index contributed by atoms with van der Waals surface area (Å²) in [5, 5.41) is 4.13. The Morgan fingerprint density at radius 3 is 2.48 bits per heavy atom. The predicted octanol–water partition coefficient (Wildman–Crippen LogP) is 4.74. The maximum absolute atomic E-state index is 6.42. The Bertz CT molecular complexity index is 637. The van der Waals surface area contributed by atoms with Gasteiger partial charge in [-0.25, -0.2) is 0 Å². The lowest BCUT2D eigenvalue weighted by Crippen LogP contribution is -2.12. The molecule has 112 valence electrons. The fourth-order valence-corrected chi connectivity index (χ4v) is 2.67. The zero-order valence-electron chi connectivity index (χ0n) is 13.1. The molecule has 1 N–H and O–H groups in total. The maximum atomic E-state index is 6.42. The molecule has 2 rings (SSSR count). The van der Waals surface area contributed by atoms with Gasteiger partial charge >= 0.3 is 0 Å². The first-order valence-corrected chi connectivity index (χ1v) is 7.59. The number of ether oxygens (including phenoxy) is 1. The highest BCUT2D eigenvalue weighted by Gasteiger charge is 2.10. The van der Waals surface area contributed by atoms with Crippen molar-refractivity contribution < 1.29 is 4.74 Å². The Labute approximate surface area is 132 Å². The zero-order chi connectivity index (χ0) is 15.4. The van der Waals surface area contributed by atoms with Gasteiger partial charge in [0.1, 0.15) is 5.75 Å². The van der Waals surface area contributed by atoms with E-state index >= 15 is 0 Å². The molecule has 0 aliphatic rings. The monoisotopic (exact) mass is 303 g/mol. The third kappa shape index (κ3) is 3.58. The topological polar surface area (TPSA) is 21.3 Å². The van der Waals surface area contributed by atoms with Crippen molar-refractivity contribution in [2.45, 2.75) is 27.3 Å². The minimum absolute atomic E-state index is 0.788. The Hall–Kier alpha value is -1.51. The Balaban J connectivity index is 2.47. The van der Waals surface area contributed by atoms with Gasteiger partial charge in [0.25, 0.3) is 0 Å². The molecule has 0 radical (unpaired) electrons. The lowest BCUT2D eigenvalue weighted by Gasteiger charge is -2.13. The first-order valence-electron chi connectivity index (χ1n) is 7.21. The fourth-order valence-electron chi connectivity index (χ4n) is 2.35. The highest BCUT2D eigenvalue weighted by Crippen LogP contribution is 2.33. The molecule has 0 spiro atoms.